The smallest absolute Gasteiger partial charge is 0.253 e. The summed E-state index contributed by atoms with van der Waals surface area (Å²) in [4.78, 5) is 33.0. The molecule has 0 bridgehead atoms. The second-order valence-corrected chi connectivity index (χ2v) is 6.70. The number of benzene rings is 1. The molecule has 1 aromatic carbocycles. The Bertz CT molecular complexity index is 832. The molecule has 2 aliphatic heterocycles. The van der Waals surface area contributed by atoms with Gasteiger partial charge in [0, 0.05) is 44.4 Å². The van der Waals surface area contributed by atoms with E-state index in [0.29, 0.717) is 19.0 Å². The number of hydrogen-bond donors (Lipinski definition) is 0. The van der Waals surface area contributed by atoms with E-state index in [-0.39, 0.29) is 11.5 Å². The Kier molecular flexibility index (Phi) is 4.26. The van der Waals surface area contributed by atoms with E-state index in [9.17, 15) is 9.59 Å². The average molecular weight is 338 g/mol. The zero-order valence-electron chi connectivity index (χ0n) is 14.2. The van der Waals surface area contributed by atoms with Crippen LogP contribution >= 0.6 is 0 Å². The molecule has 130 valence electrons. The summed E-state index contributed by atoms with van der Waals surface area (Å²) >= 11 is 0. The number of aromatic nitrogens is 2. The van der Waals surface area contributed by atoms with Gasteiger partial charge in [-0.15, -0.1) is 0 Å². The topological polar surface area (TPSA) is 58.4 Å². The van der Waals surface area contributed by atoms with Gasteiger partial charge in [-0.2, -0.15) is 0 Å². The van der Waals surface area contributed by atoms with Gasteiger partial charge < -0.3 is 9.80 Å². The van der Waals surface area contributed by atoms with Gasteiger partial charge in [-0.25, -0.2) is 4.98 Å². The summed E-state index contributed by atoms with van der Waals surface area (Å²) in [6.07, 6.45) is 6.81. The van der Waals surface area contributed by atoms with Crippen molar-refractivity contribution >= 4 is 17.3 Å². The van der Waals surface area contributed by atoms with E-state index in [1.807, 2.05) is 23.1 Å². The number of anilines is 2. The number of nitrogens with zero attached hydrogens (tertiary/aromatic N) is 4. The second kappa shape index (κ2) is 6.70. The van der Waals surface area contributed by atoms with Crippen molar-refractivity contribution in [2.24, 2.45) is 0 Å². The first-order valence-electron chi connectivity index (χ1n) is 8.90. The second-order valence-electron chi connectivity index (χ2n) is 6.70. The molecule has 0 saturated carbocycles. The normalized spacial score (nSPS) is 19.3. The minimum Gasteiger partial charge on any atom is -0.365 e. The highest BCUT2D eigenvalue weighted by molar-refractivity contribution is 5.98. The van der Waals surface area contributed by atoms with Crippen molar-refractivity contribution in [1.29, 1.82) is 0 Å². The van der Waals surface area contributed by atoms with Crippen molar-refractivity contribution in [1.82, 2.24) is 9.55 Å². The van der Waals surface area contributed by atoms with E-state index >= 15 is 0 Å². The molecule has 4 rings (SSSR count). The van der Waals surface area contributed by atoms with Gasteiger partial charge in [-0.05, 0) is 31.4 Å². The van der Waals surface area contributed by atoms with Crippen molar-refractivity contribution in [2.45, 2.75) is 38.3 Å². The molecule has 25 heavy (non-hydrogen) atoms. The lowest BCUT2D eigenvalue weighted by molar-refractivity contribution is -0.119. The number of carbonyl (C=O) groups excluding carboxylic acids is 1. The molecule has 1 fully saturated rings. The molecule has 0 radical (unpaired) electrons. The monoisotopic (exact) mass is 338 g/mol. The summed E-state index contributed by atoms with van der Waals surface area (Å²) in [7, 11) is 0. The van der Waals surface area contributed by atoms with Crippen molar-refractivity contribution in [3.05, 3.63) is 53.2 Å². The van der Waals surface area contributed by atoms with E-state index in [1.54, 1.807) is 0 Å². The van der Waals surface area contributed by atoms with Gasteiger partial charge in [-0.3, -0.25) is 14.2 Å². The average Bonchev–Trinajstić information content (AvgIpc) is 2.66. The summed E-state index contributed by atoms with van der Waals surface area (Å²) in [5.74, 6) is 0.0634. The lowest BCUT2D eigenvalue weighted by Crippen LogP contribution is -2.53. The molecule has 0 N–H and O–H groups in total. The third kappa shape index (κ3) is 3.04. The Morgan fingerprint density at radius 2 is 2.00 bits per heavy atom. The molecule has 6 heteroatoms. The minimum atomic E-state index is -0.125. The van der Waals surface area contributed by atoms with Crippen molar-refractivity contribution in [3.8, 4) is 0 Å². The van der Waals surface area contributed by atoms with E-state index in [0.717, 1.165) is 30.9 Å². The Hall–Kier alpha value is -2.63. The maximum absolute atomic E-state index is 12.9. The first kappa shape index (κ1) is 15.9. The number of hydrogen-bond acceptors (Lipinski definition) is 4. The van der Waals surface area contributed by atoms with Crippen molar-refractivity contribution in [3.63, 3.8) is 0 Å². The SMILES string of the molecule is O=C(CCn1cnccc1=O)N1CC2CCCCN2c2ccccc21. The zero-order valence-corrected chi connectivity index (χ0v) is 14.2. The first-order valence-corrected chi connectivity index (χ1v) is 8.90. The van der Waals surface area contributed by atoms with Gasteiger partial charge in [0.2, 0.25) is 5.91 Å². The van der Waals surface area contributed by atoms with Crippen LogP contribution in [0.4, 0.5) is 11.4 Å². The molecule has 0 aliphatic carbocycles. The molecule has 3 heterocycles. The highest BCUT2D eigenvalue weighted by Crippen LogP contribution is 2.38. The summed E-state index contributed by atoms with van der Waals surface area (Å²) in [5.41, 5.74) is 2.02. The molecule has 1 atom stereocenters. The number of amides is 1. The van der Waals surface area contributed by atoms with Crippen LogP contribution in [0, 0.1) is 0 Å². The van der Waals surface area contributed by atoms with Gasteiger partial charge in [0.05, 0.1) is 17.7 Å². The summed E-state index contributed by atoms with van der Waals surface area (Å²) in [6, 6.07) is 9.96. The summed E-state index contributed by atoms with van der Waals surface area (Å²) < 4.78 is 1.49. The summed E-state index contributed by atoms with van der Waals surface area (Å²) in [5, 5.41) is 0. The Morgan fingerprint density at radius 1 is 1.16 bits per heavy atom. The molecule has 1 saturated heterocycles. The predicted octanol–water partition coefficient (Wildman–Crippen LogP) is 2.04. The van der Waals surface area contributed by atoms with Crippen LogP contribution in [0.3, 0.4) is 0 Å². The highest BCUT2D eigenvalue weighted by atomic mass is 16.2. The van der Waals surface area contributed by atoms with E-state index in [1.165, 1.54) is 36.0 Å². The van der Waals surface area contributed by atoms with Crippen LogP contribution in [-0.2, 0) is 11.3 Å². The van der Waals surface area contributed by atoms with Gasteiger partial charge >= 0.3 is 0 Å². The number of aryl methyl sites for hydroxylation is 1. The third-order valence-electron chi connectivity index (χ3n) is 5.16. The number of carbonyl (C=O) groups is 1. The minimum absolute atomic E-state index is 0.0634. The van der Waals surface area contributed by atoms with Gasteiger partial charge in [0.25, 0.3) is 5.56 Å². The quantitative estimate of drug-likeness (QED) is 0.859. The Balaban J connectivity index is 1.55. The lowest BCUT2D eigenvalue weighted by atomic mass is 9.96. The lowest BCUT2D eigenvalue weighted by Gasteiger charge is -2.46. The fourth-order valence-corrected chi connectivity index (χ4v) is 3.89. The number of fused-ring (bicyclic) bond motifs is 3. The van der Waals surface area contributed by atoms with Crippen LogP contribution in [0.15, 0.2) is 47.7 Å². The van der Waals surface area contributed by atoms with Gasteiger partial charge in [0.1, 0.15) is 0 Å². The van der Waals surface area contributed by atoms with Crippen LogP contribution < -0.4 is 15.4 Å². The molecule has 2 aliphatic rings. The molecule has 1 amide bonds. The Morgan fingerprint density at radius 3 is 2.84 bits per heavy atom. The molecule has 2 aromatic rings. The number of rotatable bonds is 3. The van der Waals surface area contributed by atoms with Gasteiger partial charge in [-0.1, -0.05) is 12.1 Å². The number of piperidine rings is 1. The molecule has 1 unspecified atom stereocenters. The largest absolute Gasteiger partial charge is 0.365 e. The van der Waals surface area contributed by atoms with E-state index < -0.39 is 0 Å². The van der Waals surface area contributed by atoms with Crippen LogP contribution in [0.1, 0.15) is 25.7 Å². The van der Waals surface area contributed by atoms with Crippen molar-refractivity contribution < 1.29 is 4.79 Å². The fraction of sp³-hybridized carbons (Fsp3) is 0.421. The maximum atomic E-state index is 12.9. The zero-order chi connectivity index (χ0) is 17.2. The van der Waals surface area contributed by atoms with E-state index in [2.05, 4.69) is 16.0 Å². The maximum Gasteiger partial charge on any atom is 0.253 e. The first-order chi connectivity index (χ1) is 12.2. The molecule has 6 nitrogen and oxygen atoms in total. The Labute approximate surface area is 146 Å². The molecule has 0 spiro atoms. The third-order valence-corrected chi connectivity index (χ3v) is 5.16. The van der Waals surface area contributed by atoms with Crippen molar-refractivity contribution in [2.75, 3.05) is 22.9 Å². The summed E-state index contributed by atoms with van der Waals surface area (Å²) in [6.45, 7) is 2.16. The van der Waals surface area contributed by atoms with Crippen LogP contribution in [0.2, 0.25) is 0 Å². The predicted molar refractivity (Wildman–Crippen MR) is 96.9 cm³/mol. The molecule has 1 aromatic heterocycles. The van der Waals surface area contributed by atoms with E-state index in [4.69, 9.17) is 0 Å². The van der Waals surface area contributed by atoms with Crippen LogP contribution in [0.5, 0.6) is 0 Å². The van der Waals surface area contributed by atoms with Crippen LogP contribution in [0.25, 0.3) is 0 Å². The molecular weight excluding hydrogens is 316 g/mol. The standard InChI is InChI=1S/C19H22N4O2/c24-18-8-10-20-14-21(18)12-9-19(25)23-13-15-5-3-4-11-22(15)16-6-1-2-7-17(16)23/h1-2,6-8,10,14-15H,3-5,9,11-13H2. The molecular formula is C19H22N4O2. The van der Waals surface area contributed by atoms with Crippen LogP contribution in [-0.4, -0.2) is 34.6 Å². The highest BCUT2D eigenvalue weighted by Gasteiger charge is 2.34. The number of para-hydroxylation sites is 2. The van der Waals surface area contributed by atoms with Gasteiger partial charge in [0.15, 0.2) is 0 Å². The fourth-order valence-electron chi connectivity index (χ4n) is 3.89.